The molecule has 0 radical (unpaired) electrons. The van der Waals surface area contributed by atoms with Crippen LogP contribution in [0.15, 0.2) is 60.0 Å². The van der Waals surface area contributed by atoms with Crippen LogP contribution in [0, 0.1) is 11.6 Å². The minimum Gasteiger partial charge on any atom is -0.345 e. The van der Waals surface area contributed by atoms with Gasteiger partial charge in [0.25, 0.3) is 11.8 Å². The summed E-state index contributed by atoms with van der Waals surface area (Å²) in [6, 6.07) is 12.5. The zero-order valence-electron chi connectivity index (χ0n) is 14.3. The van der Waals surface area contributed by atoms with Gasteiger partial charge in [0.2, 0.25) is 0 Å². The van der Waals surface area contributed by atoms with Gasteiger partial charge in [0, 0.05) is 22.9 Å². The number of anilines is 1. The Kier molecular flexibility index (Phi) is 5.61. The van der Waals surface area contributed by atoms with Gasteiger partial charge in [-0.1, -0.05) is 18.2 Å². The topological polar surface area (TPSA) is 58.2 Å². The van der Waals surface area contributed by atoms with E-state index in [4.69, 9.17) is 0 Å². The highest BCUT2D eigenvalue weighted by Gasteiger charge is 2.16. The van der Waals surface area contributed by atoms with Crippen LogP contribution >= 0.6 is 11.3 Å². The molecule has 0 fully saturated rings. The monoisotopic (exact) mass is 386 g/mol. The summed E-state index contributed by atoms with van der Waals surface area (Å²) in [5, 5.41) is 7.20. The van der Waals surface area contributed by atoms with Crippen molar-refractivity contribution in [1.82, 2.24) is 5.32 Å². The third kappa shape index (κ3) is 4.57. The molecule has 138 valence electrons. The Bertz CT molecular complexity index is 974. The van der Waals surface area contributed by atoms with Crippen molar-refractivity contribution in [2.45, 2.75) is 13.0 Å². The first-order valence-electron chi connectivity index (χ1n) is 8.15. The van der Waals surface area contributed by atoms with Crippen LogP contribution in [-0.4, -0.2) is 11.8 Å². The quantitative estimate of drug-likeness (QED) is 0.664. The fraction of sp³-hybridized carbons (Fsp3) is 0.100. The van der Waals surface area contributed by atoms with Gasteiger partial charge in [-0.2, -0.15) is 0 Å². The fourth-order valence-corrected chi connectivity index (χ4v) is 3.17. The van der Waals surface area contributed by atoms with Crippen molar-refractivity contribution in [1.29, 1.82) is 0 Å². The maximum atomic E-state index is 13.9. The second-order valence-corrected chi connectivity index (χ2v) is 6.82. The molecule has 0 saturated heterocycles. The lowest BCUT2D eigenvalue weighted by molar-refractivity contribution is 0.0938. The normalized spacial score (nSPS) is 11.7. The predicted octanol–water partition coefficient (Wildman–Crippen LogP) is 4.77. The van der Waals surface area contributed by atoms with Gasteiger partial charge >= 0.3 is 0 Å². The van der Waals surface area contributed by atoms with E-state index in [-0.39, 0.29) is 11.5 Å². The lowest BCUT2D eigenvalue weighted by Gasteiger charge is -2.15. The molecule has 0 unspecified atom stereocenters. The van der Waals surface area contributed by atoms with Crippen molar-refractivity contribution in [2.24, 2.45) is 0 Å². The van der Waals surface area contributed by atoms with Gasteiger partial charge in [0.15, 0.2) is 0 Å². The molecule has 7 heteroatoms. The summed E-state index contributed by atoms with van der Waals surface area (Å²) in [5.41, 5.74) is 0.974. The number of amides is 2. The first-order chi connectivity index (χ1) is 12.9. The molecule has 0 spiro atoms. The van der Waals surface area contributed by atoms with Crippen molar-refractivity contribution in [3.05, 3.63) is 87.6 Å². The number of carbonyl (C=O) groups is 2. The van der Waals surface area contributed by atoms with Gasteiger partial charge in [0.1, 0.15) is 11.6 Å². The van der Waals surface area contributed by atoms with Gasteiger partial charge < -0.3 is 10.6 Å². The number of nitrogens with one attached hydrogen (secondary N) is 2. The number of hydrogen-bond acceptors (Lipinski definition) is 3. The summed E-state index contributed by atoms with van der Waals surface area (Å²) >= 11 is 1.32. The van der Waals surface area contributed by atoms with E-state index in [0.717, 1.165) is 12.1 Å². The van der Waals surface area contributed by atoms with E-state index in [9.17, 15) is 18.4 Å². The molecule has 2 amide bonds. The second-order valence-electron chi connectivity index (χ2n) is 5.87. The molecular weight excluding hydrogens is 370 g/mol. The van der Waals surface area contributed by atoms with Gasteiger partial charge in [-0.25, -0.2) is 8.78 Å². The summed E-state index contributed by atoms with van der Waals surface area (Å²) in [6.45, 7) is 1.61. The van der Waals surface area contributed by atoms with Crippen LogP contribution in [0.5, 0.6) is 0 Å². The van der Waals surface area contributed by atoms with Crippen LogP contribution in [0.3, 0.4) is 0 Å². The fourth-order valence-electron chi connectivity index (χ4n) is 2.55. The first-order valence-corrected chi connectivity index (χ1v) is 9.03. The van der Waals surface area contributed by atoms with Crippen LogP contribution in [-0.2, 0) is 0 Å². The Balaban J connectivity index is 1.70. The highest BCUT2D eigenvalue weighted by Crippen LogP contribution is 2.19. The number of thiophene rings is 1. The summed E-state index contributed by atoms with van der Waals surface area (Å²) in [5.74, 6) is -2.09. The van der Waals surface area contributed by atoms with Gasteiger partial charge in [-0.15, -0.1) is 11.3 Å². The summed E-state index contributed by atoms with van der Waals surface area (Å²) < 4.78 is 26.9. The summed E-state index contributed by atoms with van der Waals surface area (Å²) in [7, 11) is 0. The Morgan fingerprint density at radius 3 is 2.52 bits per heavy atom. The van der Waals surface area contributed by atoms with Crippen molar-refractivity contribution in [3.63, 3.8) is 0 Å². The van der Waals surface area contributed by atoms with E-state index < -0.39 is 23.6 Å². The Hall–Kier alpha value is -3.06. The number of carbonyl (C=O) groups excluding carboxylic acids is 2. The first kappa shape index (κ1) is 18.7. The van der Waals surface area contributed by atoms with E-state index in [1.54, 1.807) is 42.6 Å². The van der Waals surface area contributed by atoms with Crippen LogP contribution < -0.4 is 10.6 Å². The molecule has 0 bridgehead atoms. The van der Waals surface area contributed by atoms with Crippen LogP contribution in [0.25, 0.3) is 0 Å². The molecule has 0 aliphatic carbocycles. The van der Waals surface area contributed by atoms with Crippen molar-refractivity contribution in [3.8, 4) is 0 Å². The average molecular weight is 386 g/mol. The zero-order valence-corrected chi connectivity index (χ0v) is 15.1. The number of hydrogen-bond donors (Lipinski definition) is 2. The Morgan fingerprint density at radius 2 is 1.81 bits per heavy atom. The van der Waals surface area contributed by atoms with E-state index in [2.05, 4.69) is 10.6 Å². The second kappa shape index (κ2) is 8.09. The third-order valence-corrected chi connectivity index (χ3v) is 4.77. The number of benzene rings is 2. The highest BCUT2D eigenvalue weighted by molar-refractivity contribution is 7.12. The van der Waals surface area contributed by atoms with Crippen LogP contribution in [0.4, 0.5) is 14.5 Å². The molecule has 4 nitrogen and oxygen atoms in total. The molecule has 1 atom stereocenters. The van der Waals surface area contributed by atoms with Gasteiger partial charge in [-0.3, -0.25) is 9.59 Å². The lowest BCUT2D eigenvalue weighted by atomic mass is 10.1. The molecule has 2 aromatic carbocycles. The molecule has 3 aromatic rings. The van der Waals surface area contributed by atoms with Crippen molar-refractivity contribution in [2.75, 3.05) is 5.32 Å². The van der Waals surface area contributed by atoms with Crippen molar-refractivity contribution >= 4 is 28.8 Å². The Morgan fingerprint density at radius 1 is 1.00 bits per heavy atom. The van der Waals surface area contributed by atoms with Gasteiger partial charge in [-0.05, 0) is 42.6 Å². The van der Waals surface area contributed by atoms with Crippen molar-refractivity contribution < 1.29 is 18.4 Å². The SMILES string of the molecule is C[C@@H](NC(=O)c1cccc(NC(=O)c2cccs2)c1)c1ccc(F)cc1F. The average Bonchev–Trinajstić information content (AvgIpc) is 3.16. The molecular formula is C20H16F2N2O2S. The molecule has 1 aromatic heterocycles. The molecule has 0 saturated carbocycles. The zero-order chi connectivity index (χ0) is 19.4. The molecule has 0 aliphatic heterocycles. The van der Waals surface area contributed by atoms with Crippen LogP contribution in [0.2, 0.25) is 0 Å². The standard InChI is InChI=1S/C20H16F2N2O2S/c1-12(16-8-7-14(21)11-17(16)22)23-19(25)13-4-2-5-15(10-13)24-20(26)18-6-3-9-27-18/h2-12H,1H3,(H,23,25)(H,24,26)/t12-/m1/s1. The minimum atomic E-state index is -0.722. The maximum Gasteiger partial charge on any atom is 0.265 e. The maximum absolute atomic E-state index is 13.9. The van der Waals surface area contributed by atoms with E-state index in [1.165, 1.54) is 23.5 Å². The Labute approximate surface area is 158 Å². The van der Waals surface area contributed by atoms with Gasteiger partial charge in [0.05, 0.1) is 10.9 Å². The lowest BCUT2D eigenvalue weighted by Crippen LogP contribution is -2.27. The molecule has 0 aliphatic rings. The minimum absolute atomic E-state index is 0.187. The van der Waals surface area contributed by atoms with E-state index >= 15 is 0 Å². The molecule has 27 heavy (non-hydrogen) atoms. The summed E-state index contributed by atoms with van der Waals surface area (Å²) in [6.07, 6.45) is 0. The molecule has 3 rings (SSSR count). The number of rotatable bonds is 5. The molecule has 1 heterocycles. The molecule has 2 N–H and O–H groups in total. The smallest absolute Gasteiger partial charge is 0.265 e. The van der Waals surface area contributed by atoms with E-state index in [1.807, 2.05) is 0 Å². The predicted molar refractivity (Wildman–Crippen MR) is 101 cm³/mol. The van der Waals surface area contributed by atoms with Crippen LogP contribution in [0.1, 0.15) is 38.6 Å². The van der Waals surface area contributed by atoms with E-state index in [0.29, 0.717) is 16.1 Å². The third-order valence-electron chi connectivity index (χ3n) is 3.90. The highest BCUT2D eigenvalue weighted by atomic mass is 32.1. The number of halogens is 2. The summed E-state index contributed by atoms with van der Waals surface area (Å²) in [4.78, 5) is 25.1. The largest absolute Gasteiger partial charge is 0.345 e.